The van der Waals surface area contributed by atoms with Crippen LogP contribution in [0.4, 0.5) is 0 Å². The molecule has 2 saturated heterocycles. The Labute approximate surface area is 210 Å². The third kappa shape index (κ3) is 4.13. The molecule has 3 atom stereocenters. The molecule has 6 rings (SSSR count). The third-order valence-corrected chi connectivity index (χ3v) is 7.91. The number of likely N-dealkylation sites (tertiary alicyclic amines) is 1. The fraction of sp³-hybridized carbons (Fsp3) is 0.464. The molecule has 3 aliphatic rings. The predicted octanol–water partition coefficient (Wildman–Crippen LogP) is 2.66. The van der Waals surface area contributed by atoms with Crippen molar-refractivity contribution < 1.29 is 24.5 Å². The van der Waals surface area contributed by atoms with Crippen LogP contribution in [0.2, 0.25) is 0 Å². The molecule has 36 heavy (non-hydrogen) atoms. The number of ether oxygens (including phenoxy) is 1. The summed E-state index contributed by atoms with van der Waals surface area (Å²) in [5, 5.41) is 32.4. The van der Waals surface area contributed by atoms with Crippen LogP contribution in [0.3, 0.4) is 0 Å². The second kappa shape index (κ2) is 9.28. The predicted molar refractivity (Wildman–Crippen MR) is 136 cm³/mol. The number of aliphatic hydroxyl groups is 3. The van der Waals surface area contributed by atoms with Crippen molar-refractivity contribution in [2.45, 2.75) is 43.9 Å². The lowest BCUT2D eigenvalue weighted by molar-refractivity contribution is -0.127. The molecule has 8 nitrogen and oxygen atoms in total. The molecule has 8 heteroatoms. The Kier molecular flexibility index (Phi) is 6.09. The van der Waals surface area contributed by atoms with Crippen molar-refractivity contribution in [1.82, 2.24) is 9.80 Å². The average molecular weight is 492 g/mol. The largest absolute Gasteiger partial charge is 0.464 e. The van der Waals surface area contributed by atoms with E-state index in [9.17, 15) is 15.3 Å². The quantitative estimate of drug-likeness (QED) is 0.487. The van der Waals surface area contributed by atoms with E-state index in [-0.39, 0.29) is 5.92 Å². The van der Waals surface area contributed by atoms with E-state index < -0.39 is 24.1 Å². The topological polar surface area (TPSA) is 102 Å². The number of aliphatic hydroxyl groups excluding tert-OH is 3. The number of amidine groups is 1. The number of fused-ring (bicyclic) bond motifs is 1. The summed E-state index contributed by atoms with van der Waals surface area (Å²) in [6.07, 6.45) is 0.722. The molecule has 0 saturated carbocycles. The molecule has 0 amide bonds. The van der Waals surface area contributed by atoms with Gasteiger partial charge in [-0.25, -0.2) is 0 Å². The van der Waals surface area contributed by atoms with Crippen molar-refractivity contribution in [3.63, 3.8) is 0 Å². The second-order valence-electron chi connectivity index (χ2n) is 10.4. The molecule has 1 aromatic heterocycles. The second-order valence-corrected chi connectivity index (χ2v) is 10.4. The van der Waals surface area contributed by atoms with E-state index >= 15 is 0 Å². The van der Waals surface area contributed by atoms with Crippen LogP contribution in [0.25, 0.3) is 22.1 Å². The maximum atomic E-state index is 11.5. The molecule has 0 aliphatic carbocycles. The van der Waals surface area contributed by atoms with Gasteiger partial charge < -0.3 is 29.4 Å². The highest BCUT2D eigenvalue weighted by Gasteiger charge is 2.50. The zero-order chi connectivity index (χ0) is 24.9. The highest BCUT2D eigenvalue weighted by Crippen LogP contribution is 2.39. The number of hydrogen-bond acceptors (Lipinski definition) is 8. The van der Waals surface area contributed by atoms with Crippen LogP contribution in [-0.2, 0) is 4.74 Å². The average Bonchev–Trinajstić information content (AvgIpc) is 3.44. The van der Waals surface area contributed by atoms with Crippen molar-refractivity contribution in [3.05, 3.63) is 60.4 Å². The molecule has 3 aliphatic heterocycles. The zero-order valence-corrected chi connectivity index (χ0v) is 20.5. The smallest absolute Gasteiger partial charge is 0.153 e. The summed E-state index contributed by atoms with van der Waals surface area (Å²) in [6, 6.07) is 16.5. The van der Waals surface area contributed by atoms with Crippen molar-refractivity contribution >= 4 is 16.8 Å². The molecule has 3 N–H and O–H groups in total. The monoisotopic (exact) mass is 491 g/mol. The van der Waals surface area contributed by atoms with Crippen LogP contribution in [0, 0.1) is 5.92 Å². The number of furan rings is 1. The first kappa shape index (κ1) is 23.6. The third-order valence-electron chi connectivity index (χ3n) is 7.91. The number of nitrogens with zero attached hydrogens (tertiary/aromatic N) is 3. The number of benzene rings is 2. The van der Waals surface area contributed by atoms with Gasteiger partial charge in [-0.15, -0.1) is 0 Å². The molecule has 190 valence electrons. The first-order chi connectivity index (χ1) is 17.4. The first-order valence-electron chi connectivity index (χ1n) is 12.7. The van der Waals surface area contributed by atoms with Crippen molar-refractivity contribution in [1.29, 1.82) is 0 Å². The summed E-state index contributed by atoms with van der Waals surface area (Å²) in [7, 11) is 0. The van der Waals surface area contributed by atoms with Crippen LogP contribution in [0.5, 0.6) is 0 Å². The van der Waals surface area contributed by atoms with Gasteiger partial charge in [0.1, 0.15) is 23.2 Å². The Bertz CT molecular complexity index is 1240. The standard InChI is InChI=1S/C28H33N3O5/c1-18(32)26(33)30-15-19(16-30)17-31-25(29-28(27(31)34)9-12-35-13-10-28)21-4-2-20(3-5-21)22-6-7-24-23(14-22)8-11-36-24/h2-8,11,14,18-19,26-27,32-34H,9-10,12-13,15-17H2,1H3. The summed E-state index contributed by atoms with van der Waals surface area (Å²) in [6.45, 7) is 4.77. The molecular weight excluding hydrogens is 458 g/mol. The van der Waals surface area contributed by atoms with Gasteiger partial charge in [0.2, 0.25) is 0 Å². The molecule has 1 spiro atoms. The molecule has 2 aromatic carbocycles. The number of hydrogen-bond donors (Lipinski definition) is 3. The van der Waals surface area contributed by atoms with Gasteiger partial charge in [-0.2, -0.15) is 0 Å². The fourth-order valence-electron chi connectivity index (χ4n) is 5.73. The van der Waals surface area contributed by atoms with E-state index in [1.807, 2.05) is 21.9 Å². The fourth-order valence-corrected chi connectivity index (χ4v) is 5.73. The van der Waals surface area contributed by atoms with Gasteiger partial charge in [0.05, 0.1) is 12.4 Å². The summed E-state index contributed by atoms with van der Waals surface area (Å²) in [5.74, 6) is 1.09. The maximum absolute atomic E-state index is 11.5. The minimum Gasteiger partial charge on any atom is -0.464 e. The minimum atomic E-state index is -0.853. The van der Waals surface area contributed by atoms with Crippen LogP contribution < -0.4 is 0 Å². The normalized spacial score (nSPS) is 24.2. The molecule has 4 heterocycles. The Balaban J connectivity index is 1.25. The van der Waals surface area contributed by atoms with E-state index in [1.165, 1.54) is 0 Å². The number of aliphatic imine (C=N–C) groups is 1. The van der Waals surface area contributed by atoms with Crippen molar-refractivity contribution in [3.8, 4) is 11.1 Å². The summed E-state index contributed by atoms with van der Waals surface area (Å²) < 4.78 is 11.0. The van der Waals surface area contributed by atoms with Crippen LogP contribution >= 0.6 is 0 Å². The highest BCUT2D eigenvalue weighted by atomic mass is 16.5. The lowest BCUT2D eigenvalue weighted by Gasteiger charge is -2.46. The molecular formula is C28H33N3O5. The molecule has 2 fully saturated rings. The van der Waals surface area contributed by atoms with E-state index in [0.717, 1.165) is 33.5 Å². The Morgan fingerprint density at radius 2 is 1.69 bits per heavy atom. The van der Waals surface area contributed by atoms with Gasteiger partial charge >= 0.3 is 0 Å². The Hall–Kier alpha value is -2.75. The number of rotatable bonds is 6. The van der Waals surface area contributed by atoms with Gasteiger partial charge in [0, 0.05) is 62.6 Å². The summed E-state index contributed by atoms with van der Waals surface area (Å²) in [5.41, 5.74) is 3.52. The highest BCUT2D eigenvalue weighted by molar-refractivity contribution is 6.01. The maximum Gasteiger partial charge on any atom is 0.153 e. The van der Waals surface area contributed by atoms with Crippen LogP contribution in [-0.4, -0.2) is 87.9 Å². The summed E-state index contributed by atoms with van der Waals surface area (Å²) >= 11 is 0. The van der Waals surface area contributed by atoms with Crippen molar-refractivity contribution in [2.24, 2.45) is 10.9 Å². The van der Waals surface area contributed by atoms with Crippen molar-refractivity contribution in [2.75, 3.05) is 32.8 Å². The van der Waals surface area contributed by atoms with E-state index in [1.54, 1.807) is 13.2 Å². The van der Waals surface area contributed by atoms with Gasteiger partial charge in [-0.05, 0) is 36.2 Å². The van der Waals surface area contributed by atoms with Crippen LogP contribution in [0.1, 0.15) is 25.3 Å². The van der Waals surface area contributed by atoms with Gasteiger partial charge in [-0.3, -0.25) is 9.89 Å². The van der Waals surface area contributed by atoms with E-state index in [2.05, 4.69) is 36.4 Å². The van der Waals surface area contributed by atoms with Gasteiger partial charge in [0.15, 0.2) is 6.23 Å². The van der Waals surface area contributed by atoms with Gasteiger partial charge in [-0.1, -0.05) is 30.3 Å². The molecule has 3 unspecified atom stereocenters. The molecule has 3 aromatic rings. The lowest BCUT2D eigenvalue weighted by Crippen LogP contribution is -2.60. The van der Waals surface area contributed by atoms with E-state index in [0.29, 0.717) is 45.7 Å². The van der Waals surface area contributed by atoms with Crippen LogP contribution in [0.15, 0.2) is 64.2 Å². The molecule has 0 radical (unpaired) electrons. The zero-order valence-electron chi connectivity index (χ0n) is 20.5. The Morgan fingerprint density at radius 3 is 2.42 bits per heavy atom. The van der Waals surface area contributed by atoms with E-state index in [4.69, 9.17) is 14.1 Å². The lowest BCUT2D eigenvalue weighted by atomic mass is 9.88. The van der Waals surface area contributed by atoms with Gasteiger partial charge in [0.25, 0.3) is 0 Å². The Morgan fingerprint density at radius 1 is 1.00 bits per heavy atom. The SMILES string of the molecule is CC(O)C(O)N1CC(CN2C(c3ccc(-c4ccc5occc5c4)cc3)=NC3(CCOCC3)C2O)C1. The summed E-state index contributed by atoms with van der Waals surface area (Å²) in [4.78, 5) is 9.04. The first-order valence-corrected chi connectivity index (χ1v) is 12.7. The minimum absolute atomic E-state index is 0.272. The molecule has 0 bridgehead atoms.